The molecule has 1 atom stereocenters. The van der Waals surface area contributed by atoms with Crippen LogP contribution < -0.4 is 9.62 Å². The van der Waals surface area contributed by atoms with Crippen LogP contribution >= 0.6 is 11.3 Å². The van der Waals surface area contributed by atoms with Crippen LogP contribution in [-0.4, -0.2) is 67.1 Å². The minimum Gasteiger partial charge on any atom is -0.593 e. The number of nitriles is 1. The number of nitrogens with zero attached hydrogens (tertiary/aromatic N) is 7. The third-order valence-corrected chi connectivity index (χ3v) is 9.69. The lowest BCUT2D eigenvalue weighted by Gasteiger charge is -2.37. The lowest BCUT2D eigenvalue weighted by molar-refractivity contribution is -0.135. The van der Waals surface area contributed by atoms with E-state index in [9.17, 15) is 23.4 Å². The maximum absolute atomic E-state index is 13.3. The summed E-state index contributed by atoms with van der Waals surface area (Å²) in [6.45, 7) is 2.36. The number of piperazine rings is 1. The van der Waals surface area contributed by atoms with Crippen LogP contribution in [0.5, 0.6) is 0 Å². The summed E-state index contributed by atoms with van der Waals surface area (Å²) in [5.74, 6) is 0.361. The van der Waals surface area contributed by atoms with Crippen molar-refractivity contribution in [2.45, 2.75) is 55.4 Å². The second-order valence-corrected chi connectivity index (χ2v) is 12.2. The molecule has 3 aromatic rings. The number of hydrogen-bond donors (Lipinski definition) is 1. The molecule has 0 bridgehead atoms. The van der Waals surface area contributed by atoms with Crippen LogP contribution in [0.1, 0.15) is 50.0 Å². The first kappa shape index (κ1) is 25.4. The molecule has 1 saturated heterocycles. The number of nitrogens with one attached hydrogen (secondary N) is 1. The summed E-state index contributed by atoms with van der Waals surface area (Å²) in [6.07, 6.45) is 4.29. The average molecular weight is 561 g/mol. The number of carbonyl (C=O) groups excluding carboxylic acids is 1. The molecule has 10 nitrogen and oxygen atoms in total. The van der Waals surface area contributed by atoms with Gasteiger partial charge in [-0.05, 0) is 25.7 Å². The Hall–Kier alpha value is -2.86. The van der Waals surface area contributed by atoms with Gasteiger partial charge in [-0.15, -0.1) is 14.9 Å². The maximum atomic E-state index is 13.3. The second-order valence-electron chi connectivity index (χ2n) is 10.0. The van der Waals surface area contributed by atoms with E-state index in [1.165, 1.54) is 4.68 Å². The molecule has 1 N–H and O–H groups in total. The SMILES string of the molecule is N#CC1(N[S+]([O-])c2cc(N3CCN(C(=O)C4CCCC4)CC3)c3cnn(-c4nnc(C(F)F)s4)c3c2)CC1. The zero-order valence-corrected chi connectivity index (χ0v) is 22.1. The number of anilines is 1. The van der Waals surface area contributed by atoms with Crippen LogP contribution in [0.15, 0.2) is 23.2 Å². The fourth-order valence-electron chi connectivity index (χ4n) is 5.20. The van der Waals surface area contributed by atoms with Gasteiger partial charge < -0.3 is 14.4 Å². The molecule has 38 heavy (non-hydrogen) atoms. The van der Waals surface area contributed by atoms with E-state index in [-0.39, 0.29) is 17.0 Å². The minimum atomic E-state index is -2.74. The Labute approximate surface area is 224 Å². The van der Waals surface area contributed by atoms with Crippen LogP contribution in [0.4, 0.5) is 14.5 Å². The zero-order chi connectivity index (χ0) is 26.4. The smallest absolute Gasteiger partial charge is 0.291 e. The van der Waals surface area contributed by atoms with E-state index in [1.54, 1.807) is 12.3 Å². The van der Waals surface area contributed by atoms with Crippen LogP contribution in [0.25, 0.3) is 16.0 Å². The summed E-state index contributed by atoms with van der Waals surface area (Å²) in [6, 6.07) is 5.70. The summed E-state index contributed by atoms with van der Waals surface area (Å²) in [7, 11) is 0. The first-order valence-corrected chi connectivity index (χ1v) is 14.6. The van der Waals surface area contributed by atoms with Gasteiger partial charge in [-0.2, -0.15) is 10.4 Å². The second kappa shape index (κ2) is 10.0. The number of alkyl halides is 2. The van der Waals surface area contributed by atoms with Crippen molar-refractivity contribution in [3.8, 4) is 11.2 Å². The minimum absolute atomic E-state index is 0.128. The molecule has 2 aliphatic carbocycles. The van der Waals surface area contributed by atoms with Gasteiger partial charge in [-0.1, -0.05) is 24.2 Å². The number of amides is 1. The molecular weight excluding hydrogens is 534 g/mol. The average Bonchev–Trinajstić information content (AvgIpc) is 3.37. The molecule has 1 unspecified atom stereocenters. The van der Waals surface area contributed by atoms with Gasteiger partial charge in [-0.3, -0.25) is 4.79 Å². The highest BCUT2D eigenvalue weighted by Crippen LogP contribution is 2.38. The molecular formula is C24H26F2N8O2S2. The van der Waals surface area contributed by atoms with E-state index in [1.807, 2.05) is 11.0 Å². The summed E-state index contributed by atoms with van der Waals surface area (Å²) < 4.78 is 44.0. The first-order chi connectivity index (χ1) is 18.4. The number of benzene rings is 1. The van der Waals surface area contributed by atoms with E-state index < -0.39 is 28.3 Å². The molecule has 2 aromatic heterocycles. The summed E-state index contributed by atoms with van der Waals surface area (Å²) in [4.78, 5) is 17.4. The number of hydrogen-bond acceptors (Lipinski definition) is 9. The predicted molar refractivity (Wildman–Crippen MR) is 137 cm³/mol. The molecule has 3 fully saturated rings. The van der Waals surface area contributed by atoms with E-state index >= 15 is 0 Å². The fourth-order valence-corrected chi connectivity index (χ4v) is 7.03. The molecule has 6 rings (SSSR count). The molecule has 1 aliphatic heterocycles. The molecule has 0 spiro atoms. The summed E-state index contributed by atoms with van der Waals surface area (Å²) in [5, 5.41) is 21.9. The summed E-state index contributed by atoms with van der Waals surface area (Å²) in [5.41, 5.74) is 0.542. The van der Waals surface area contributed by atoms with Crippen LogP contribution in [0, 0.1) is 17.2 Å². The Bertz CT molecular complexity index is 1390. The molecule has 3 heterocycles. The maximum Gasteiger partial charge on any atom is 0.291 e. The van der Waals surface area contributed by atoms with Crippen molar-refractivity contribution >= 4 is 45.2 Å². The monoisotopic (exact) mass is 560 g/mol. The lowest BCUT2D eigenvalue weighted by Crippen LogP contribution is -2.50. The van der Waals surface area contributed by atoms with E-state index in [0.717, 1.165) is 48.1 Å². The van der Waals surface area contributed by atoms with Crippen LogP contribution in [-0.2, 0) is 16.2 Å². The third-order valence-electron chi connectivity index (χ3n) is 7.54. The topological polar surface area (TPSA) is 126 Å². The van der Waals surface area contributed by atoms with Crippen molar-refractivity contribution < 1.29 is 18.1 Å². The van der Waals surface area contributed by atoms with Gasteiger partial charge >= 0.3 is 0 Å². The highest BCUT2D eigenvalue weighted by molar-refractivity contribution is 7.89. The molecule has 3 aliphatic rings. The normalized spacial score (nSPS) is 20.3. The van der Waals surface area contributed by atoms with Gasteiger partial charge in [0.2, 0.25) is 11.0 Å². The Morgan fingerprint density at radius 1 is 1.21 bits per heavy atom. The highest BCUT2D eigenvalue weighted by Gasteiger charge is 2.48. The van der Waals surface area contributed by atoms with Crippen LogP contribution in [0.2, 0.25) is 0 Å². The largest absolute Gasteiger partial charge is 0.593 e. The van der Waals surface area contributed by atoms with Gasteiger partial charge in [0.1, 0.15) is 5.54 Å². The van der Waals surface area contributed by atoms with Gasteiger partial charge in [0.25, 0.3) is 6.43 Å². The zero-order valence-electron chi connectivity index (χ0n) is 20.5. The Balaban J connectivity index is 1.32. The van der Waals surface area contributed by atoms with Crippen molar-refractivity contribution in [2.24, 2.45) is 5.92 Å². The summed E-state index contributed by atoms with van der Waals surface area (Å²) >= 11 is -0.941. The molecule has 2 saturated carbocycles. The van der Waals surface area contributed by atoms with Gasteiger partial charge in [0, 0.05) is 49.6 Å². The quantitative estimate of drug-likeness (QED) is 0.436. The van der Waals surface area contributed by atoms with Crippen molar-refractivity contribution in [2.75, 3.05) is 31.1 Å². The van der Waals surface area contributed by atoms with Gasteiger partial charge in [-0.25, -0.2) is 13.5 Å². The van der Waals surface area contributed by atoms with E-state index in [2.05, 4.69) is 31.0 Å². The number of rotatable bonds is 7. The number of aromatic nitrogens is 4. The Morgan fingerprint density at radius 3 is 2.58 bits per heavy atom. The fraction of sp³-hybridized carbons (Fsp3) is 0.542. The lowest BCUT2D eigenvalue weighted by atomic mass is 10.1. The molecule has 200 valence electrons. The van der Waals surface area contributed by atoms with E-state index in [0.29, 0.717) is 49.4 Å². The van der Waals surface area contributed by atoms with Crippen molar-refractivity contribution in [1.29, 1.82) is 5.26 Å². The Kier molecular flexibility index (Phi) is 6.71. The number of carbonyl (C=O) groups is 1. The van der Waals surface area contributed by atoms with Crippen molar-refractivity contribution in [3.63, 3.8) is 0 Å². The van der Waals surface area contributed by atoms with Crippen molar-refractivity contribution in [3.05, 3.63) is 23.3 Å². The first-order valence-electron chi connectivity index (χ1n) is 12.7. The van der Waals surface area contributed by atoms with E-state index in [4.69, 9.17) is 0 Å². The molecule has 1 amide bonds. The number of halogens is 2. The molecule has 14 heteroatoms. The van der Waals surface area contributed by atoms with Crippen molar-refractivity contribution in [1.82, 2.24) is 29.6 Å². The molecule has 1 aromatic carbocycles. The number of fused-ring (bicyclic) bond motifs is 1. The predicted octanol–water partition coefficient (Wildman–Crippen LogP) is 3.32. The third kappa shape index (κ3) is 4.72. The van der Waals surface area contributed by atoms with Crippen LogP contribution in [0.3, 0.4) is 0 Å². The molecule has 0 radical (unpaired) electrons. The highest BCUT2D eigenvalue weighted by atomic mass is 32.2. The Morgan fingerprint density at radius 2 is 1.95 bits per heavy atom. The van der Waals surface area contributed by atoms with Gasteiger partial charge in [0.15, 0.2) is 9.90 Å². The van der Waals surface area contributed by atoms with Gasteiger partial charge in [0.05, 0.1) is 34.8 Å². The standard InChI is InChI=1S/C24H26F2N8O2S2/c25-20(26)21-29-30-23(37-21)34-19-12-16(38(36)31-24(14-27)5-6-24)11-18(17(19)13-28-34)32-7-9-33(10-8-32)22(35)15-3-1-2-4-15/h11-13,15,20,31H,1-10H2.